The third kappa shape index (κ3) is 3.91. The van der Waals surface area contributed by atoms with Crippen molar-refractivity contribution in [2.45, 2.75) is 6.42 Å². The molecule has 0 aliphatic heterocycles. The zero-order valence-electron chi connectivity index (χ0n) is 17.6. The Bertz CT molecular complexity index is 1590. The van der Waals surface area contributed by atoms with Crippen LogP contribution >= 0.6 is 11.6 Å². The number of nitro groups is 1. The molecule has 8 nitrogen and oxygen atoms in total. The highest BCUT2D eigenvalue weighted by Crippen LogP contribution is 2.34. The van der Waals surface area contributed by atoms with Crippen molar-refractivity contribution < 1.29 is 10.0 Å². The molecule has 0 aliphatic rings. The van der Waals surface area contributed by atoms with E-state index in [-0.39, 0.29) is 17.0 Å². The van der Waals surface area contributed by atoms with Crippen molar-refractivity contribution in [3.8, 4) is 28.1 Å². The highest BCUT2D eigenvalue weighted by atomic mass is 35.5. The maximum atomic E-state index is 13.0. The smallest absolute Gasteiger partial charge is 0.274 e. The Balaban J connectivity index is 1.74. The molecule has 5 aromatic rings. The number of nitrogens with one attached hydrogen (secondary N) is 1. The standard InChI is InChI=1S/C25H17ClN4O4/c26-17-8-6-16(7-9-17)24-21(12-15-4-2-1-3-5-15)28-29-23(32)14-20(27-25(24)29)19-11-10-18(30(33)34)13-22(19)31/h1-11,13-14,27,31H,12H2. The van der Waals surface area contributed by atoms with E-state index in [1.54, 1.807) is 12.1 Å². The quantitative estimate of drug-likeness (QED) is 0.269. The summed E-state index contributed by atoms with van der Waals surface area (Å²) < 4.78 is 1.29. The first-order valence-electron chi connectivity index (χ1n) is 10.3. The van der Waals surface area contributed by atoms with Crippen LogP contribution in [0.3, 0.4) is 0 Å². The molecule has 5 rings (SSSR count). The van der Waals surface area contributed by atoms with Gasteiger partial charge in [0, 0.05) is 34.7 Å². The van der Waals surface area contributed by atoms with Crippen LogP contribution < -0.4 is 5.56 Å². The molecule has 0 saturated carbocycles. The lowest BCUT2D eigenvalue weighted by Crippen LogP contribution is -2.14. The number of nitro benzene ring substituents is 1. The third-order valence-corrected chi connectivity index (χ3v) is 5.77. The van der Waals surface area contributed by atoms with Gasteiger partial charge in [0.2, 0.25) is 0 Å². The minimum absolute atomic E-state index is 0.249. The largest absolute Gasteiger partial charge is 0.507 e. The number of hydrogen-bond acceptors (Lipinski definition) is 5. The van der Waals surface area contributed by atoms with E-state index in [4.69, 9.17) is 11.6 Å². The molecule has 3 aromatic carbocycles. The summed E-state index contributed by atoms with van der Waals surface area (Å²) in [6, 6.07) is 22.0. The lowest BCUT2D eigenvalue weighted by atomic mass is 10.0. The molecule has 34 heavy (non-hydrogen) atoms. The molecule has 0 aliphatic carbocycles. The molecule has 0 amide bonds. The number of non-ortho nitro benzene ring substituents is 1. The van der Waals surface area contributed by atoms with E-state index < -0.39 is 10.5 Å². The molecule has 2 N–H and O–H groups in total. The van der Waals surface area contributed by atoms with Crippen molar-refractivity contribution in [3.63, 3.8) is 0 Å². The molecule has 0 fully saturated rings. The highest BCUT2D eigenvalue weighted by molar-refractivity contribution is 6.30. The molecule has 0 radical (unpaired) electrons. The second-order valence-electron chi connectivity index (χ2n) is 7.73. The number of nitrogens with zero attached hydrogens (tertiary/aromatic N) is 3. The second-order valence-corrected chi connectivity index (χ2v) is 8.17. The number of aromatic nitrogens is 3. The average molecular weight is 473 g/mol. The van der Waals surface area contributed by atoms with Crippen LogP contribution in [0.1, 0.15) is 11.3 Å². The van der Waals surface area contributed by atoms with E-state index in [2.05, 4.69) is 10.1 Å². The number of phenolic OH excluding ortho intramolecular Hbond substituents is 1. The van der Waals surface area contributed by atoms with Crippen LogP contribution in [0.15, 0.2) is 83.7 Å². The molecular weight excluding hydrogens is 456 g/mol. The first-order chi connectivity index (χ1) is 16.4. The molecule has 2 heterocycles. The lowest BCUT2D eigenvalue weighted by molar-refractivity contribution is -0.384. The molecule has 0 saturated heterocycles. The fraction of sp³-hybridized carbons (Fsp3) is 0.0400. The van der Waals surface area contributed by atoms with Crippen LogP contribution in [0.25, 0.3) is 28.0 Å². The zero-order chi connectivity index (χ0) is 23.8. The van der Waals surface area contributed by atoms with Gasteiger partial charge in [-0.15, -0.1) is 0 Å². The van der Waals surface area contributed by atoms with Crippen LogP contribution in [0, 0.1) is 10.1 Å². The number of hydrogen-bond donors (Lipinski definition) is 2. The summed E-state index contributed by atoms with van der Waals surface area (Å²) in [5, 5.41) is 26.6. The van der Waals surface area contributed by atoms with E-state index in [0.29, 0.717) is 28.5 Å². The molecule has 0 atom stereocenters. The van der Waals surface area contributed by atoms with E-state index in [1.807, 2.05) is 42.5 Å². The molecule has 0 bridgehead atoms. The SMILES string of the molecule is O=c1cc(-c2ccc([N+](=O)[O-])cc2O)[nH]c2c(-c3ccc(Cl)cc3)c(Cc3ccccc3)nn12. The molecule has 2 aromatic heterocycles. The second kappa shape index (κ2) is 8.49. The van der Waals surface area contributed by atoms with Crippen molar-refractivity contribution in [2.24, 2.45) is 0 Å². The first kappa shape index (κ1) is 21.4. The average Bonchev–Trinajstić information content (AvgIpc) is 3.18. The number of H-pyrrole nitrogens is 1. The Morgan fingerprint density at radius 2 is 1.76 bits per heavy atom. The van der Waals surface area contributed by atoms with Crippen LogP contribution in [0.2, 0.25) is 5.02 Å². The normalized spacial score (nSPS) is 11.1. The number of aromatic amines is 1. The van der Waals surface area contributed by atoms with Crippen LogP contribution in [-0.4, -0.2) is 24.6 Å². The monoisotopic (exact) mass is 472 g/mol. The predicted octanol–water partition coefficient (Wildman–Crippen LogP) is 5.21. The van der Waals surface area contributed by atoms with Crippen molar-refractivity contribution in [2.75, 3.05) is 0 Å². The van der Waals surface area contributed by atoms with Crippen molar-refractivity contribution in [1.29, 1.82) is 0 Å². The summed E-state index contributed by atoms with van der Waals surface area (Å²) in [5.74, 6) is -0.314. The fourth-order valence-electron chi connectivity index (χ4n) is 3.93. The molecule has 0 unspecified atom stereocenters. The van der Waals surface area contributed by atoms with Gasteiger partial charge < -0.3 is 10.1 Å². The maximum Gasteiger partial charge on any atom is 0.274 e. The van der Waals surface area contributed by atoms with Gasteiger partial charge >= 0.3 is 0 Å². The van der Waals surface area contributed by atoms with Gasteiger partial charge in [0.05, 0.1) is 22.4 Å². The van der Waals surface area contributed by atoms with E-state index in [9.17, 15) is 20.0 Å². The number of fused-ring (bicyclic) bond motifs is 1. The Labute approximate surface area is 197 Å². The summed E-state index contributed by atoms with van der Waals surface area (Å²) >= 11 is 6.09. The van der Waals surface area contributed by atoms with Gasteiger partial charge in [0.15, 0.2) is 0 Å². The van der Waals surface area contributed by atoms with Gasteiger partial charge in [-0.25, -0.2) is 0 Å². The summed E-state index contributed by atoms with van der Waals surface area (Å²) in [6.07, 6.45) is 0.492. The summed E-state index contributed by atoms with van der Waals surface area (Å²) in [7, 11) is 0. The lowest BCUT2D eigenvalue weighted by Gasteiger charge is -2.08. The third-order valence-electron chi connectivity index (χ3n) is 5.52. The first-order valence-corrected chi connectivity index (χ1v) is 10.7. The predicted molar refractivity (Wildman–Crippen MR) is 129 cm³/mol. The fourth-order valence-corrected chi connectivity index (χ4v) is 4.05. The van der Waals surface area contributed by atoms with Crippen LogP contribution in [0.4, 0.5) is 5.69 Å². The summed E-state index contributed by atoms with van der Waals surface area (Å²) in [6.45, 7) is 0. The maximum absolute atomic E-state index is 13.0. The molecular formula is C25H17ClN4O4. The van der Waals surface area contributed by atoms with Crippen molar-refractivity contribution >= 4 is 22.9 Å². The molecule has 9 heteroatoms. The highest BCUT2D eigenvalue weighted by Gasteiger charge is 2.20. The minimum Gasteiger partial charge on any atom is -0.507 e. The minimum atomic E-state index is -0.596. The number of aromatic hydroxyl groups is 1. The topological polar surface area (TPSA) is 114 Å². The van der Waals surface area contributed by atoms with Gasteiger partial charge in [0.25, 0.3) is 11.2 Å². The van der Waals surface area contributed by atoms with Crippen LogP contribution in [-0.2, 0) is 6.42 Å². The summed E-state index contributed by atoms with van der Waals surface area (Å²) in [4.78, 5) is 26.7. The number of phenols is 1. The van der Waals surface area contributed by atoms with Gasteiger partial charge in [-0.3, -0.25) is 14.9 Å². The Morgan fingerprint density at radius 1 is 1.03 bits per heavy atom. The number of rotatable bonds is 5. The van der Waals surface area contributed by atoms with Crippen molar-refractivity contribution in [1.82, 2.24) is 14.6 Å². The van der Waals surface area contributed by atoms with Gasteiger partial charge in [-0.05, 0) is 29.3 Å². The summed E-state index contributed by atoms with van der Waals surface area (Å²) in [5.41, 5.74) is 3.61. The van der Waals surface area contributed by atoms with E-state index in [0.717, 1.165) is 22.8 Å². The van der Waals surface area contributed by atoms with Crippen LogP contribution in [0.5, 0.6) is 5.75 Å². The van der Waals surface area contributed by atoms with Crippen molar-refractivity contribution in [3.05, 3.63) is 116 Å². The van der Waals surface area contributed by atoms with Gasteiger partial charge in [0.1, 0.15) is 11.4 Å². The molecule has 168 valence electrons. The van der Waals surface area contributed by atoms with Gasteiger partial charge in [-0.2, -0.15) is 9.61 Å². The Hall–Kier alpha value is -4.43. The number of halogens is 1. The molecule has 0 spiro atoms. The Kier molecular flexibility index (Phi) is 5.35. The van der Waals surface area contributed by atoms with E-state index in [1.165, 1.54) is 22.7 Å². The zero-order valence-corrected chi connectivity index (χ0v) is 18.4. The Morgan fingerprint density at radius 3 is 2.44 bits per heavy atom. The van der Waals surface area contributed by atoms with Gasteiger partial charge in [-0.1, -0.05) is 54.1 Å². The van der Waals surface area contributed by atoms with E-state index >= 15 is 0 Å². The number of benzene rings is 3.